The first-order chi connectivity index (χ1) is 5.38. The number of hydrogen-bond donors (Lipinski definition) is 0. The van der Waals surface area contributed by atoms with E-state index in [9.17, 15) is 0 Å². The van der Waals surface area contributed by atoms with E-state index in [1.54, 1.807) is 6.26 Å². The molecule has 1 heterocycles. The minimum Gasteiger partial charge on any atom is -0.468 e. The molecule has 1 aromatic heterocycles. The summed E-state index contributed by atoms with van der Waals surface area (Å²) < 4.78 is 5.25. The van der Waals surface area contributed by atoms with Crippen LogP contribution in [-0.4, -0.2) is 7.05 Å². The highest BCUT2D eigenvalue weighted by molar-refractivity contribution is 5.03. The topological polar surface area (TPSA) is 27.2 Å². The number of rotatable bonds is 4. The van der Waals surface area contributed by atoms with Crippen LogP contribution in [0.15, 0.2) is 22.8 Å². The van der Waals surface area contributed by atoms with E-state index in [4.69, 9.17) is 4.42 Å². The Morgan fingerprint density at radius 3 is 2.91 bits per heavy atom. The van der Waals surface area contributed by atoms with Gasteiger partial charge in [-0.05, 0) is 18.6 Å². The molecule has 2 nitrogen and oxygen atoms in total. The molecule has 2 heteroatoms. The first-order valence-corrected chi connectivity index (χ1v) is 4.00. The summed E-state index contributed by atoms with van der Waals surface area (Å²) in [5.74, 6) is 0.981. The van der Waals surface area contributed by atoms with Gasteiger partial charge in [-0.25, -0.2) is 5.32 Å². The molecule has 1 rings (SSSR count). The van der Waals surface area contributed by atoms with E-state index in [0.717, 1.165) is 18.6 Å². The van der Waals surface area contributed by atoms with Gasteiger partial charge >= 0.3 is 0 Å². The summed E-state index contributed by atoms with van der Waals surface area (Å²) >= 11 is 0. The lowest BCUT2D eigenvalue weighted by atomic mass is 10.1. The average molecular weight is 152 g/mol. The largest absolute Gasteiger partial charge is 0.468 e. The van der Waals surface area contributed by atoms with Gasteiger partial charge in [0.25, 0.3) is 0 Å². The fraction of sp³-hybridized carbons (Fsp3) is 0.556. The van der Waals surface area contributed by atoms with Gasteiger partial charge in [-0.2, -0.15) is 0 Å². The molecule has 0 bridgehead atoms. The molecule has 1 aromatic rings. The van der Waals surface area contributed by atoms with E-state index in [2.05, 4.69) is 12.2 Å². The van der Waals surface area contributed by atoms with E-state index in [0.29, 0.717) is 0 Å². The van der Waals surface area contributed by atoms with Gasteiger partial charge < -0.3 is 4.42 Å². The Bertz CT molecular complexity index is 181. The second-order valence-corrected chi connectivity index (χ2v) is 2.58. The van der Waals surface area contributed by atoms with Crippen molar-refractivity contribution in [1.29, 1.82) is 0 Å². The normalized spacial score (nSPS) is 13.3. The van der Waals surface area contributed by atoms with Crippen LogP contribution in [0.25, 0.3) is 0 Å². The lowest BCUT2D eigenvalue weighted by molar-refractivity contribution is 0.408. The fourth-order valence-corrected chi connectivity index (χ4v) is 1.15. The summed E-state index contributed by atoms with van der Waals surface area (Å²) in [6.45, 7) is 2.15. The van der Waals surface area contributed by atoms with Crippen LogP contribution >= 0.6 is 0 Å². The van der Waals surface area contributed by atoms with Crippen LogP contribution in [-0.2, 0) is 0 Å². The highest BCUT2D eigenvalue weighted by atomic mass is 16.3. The summed E-state index contributed by atoms with van der Waals surface area (Å²) in [7, 11) is 1.84. The Morgan fingerprint density at radius 2 is 2.45 bits per heavy atom. The Morgan fingerprint density at radius 1 is 1.64 bits per heavy atom. The van der Waals surface area contributed by atoms with Crippen LogP contribution in [0.2, 0.25) is 0 Å². The van der Waals surface area contributed by atoms with Crippen LogP contribution in [0.4, 0.5) is 0 Å². The zero-order valence-electron chi connectivity index (χ0n) is 7.08. The third-order valence-corrected chi connectivity index (χ3v) is 1.75. The van der Waals surface area contributed by atoms with Crippen molar-refractivity contribution in [3.63, 3.8) is 0 Å². The Hall–Kier alpha value is -0.760. The van der Waals surface area contributed by atoms with Crippen molar-refractivity contribution >= 4 is 0 Å². The van der Waals surface area contributed by atoms with Crippen molar-refractivity contribution in [3.8, 4) is 0 Å². The van der Waals surface area contributed by atoms with Gasteiger partial charge in [0.15, 0.2) is 0 Å². The molecule has 1 radical (unpaired) electrons. The molecule has 0 saturated heterocycles. The molecule has 0 aromatic carbocycles. The molecule has 61 valence electrons. The first kappa shape index (κ1) is 8.34. The van der Waals surface area contributed by atoms with Crippen molar-refractivity contribution < 1.29 is 4.42 Å². The number of hydrogen-bond acceptors (Lipinski definition) is 1. The summed E-state index contributed by atoms with van der Waals surface area (Å²) in [4.78, 5) is 0. The maximum absolute atomic E-state index is 5.25. The molecular formula is C9H14NO. The summed E-state index contributed by atoms with van der Waals surface area (Å²) in [6.07, 6.45) is 3.91. The molecular weight excluding hydrogens is 138 g/mol. The van der Waals surface area contributed by atoms with Gasteiger partial charge in [0.05, 0.1) is 12.3 Å². The van der Waals surface area contributed by atoms with Crippen LogP contribution in [0.1, 0.15) is 31.6 Å². The average Bonchev–Trinajstić information content (AvgIpc) is 2.52. The Kier molecular flexibility index (Phi) is 3.17. The van der Waals surface area contributed by atoms with E-state index in [1.165, 1.54) is 0 Å². The van der Waals surface area contributed by atoms with Crippen molar-refractivity contribution in [2.24, 2.45) is 0 Å². The molecule has 0 amide bonds. The van der Waals surface area contributed by atoms with E-state index < -0.39 is 0 Å². The lowest BCUT2D eigenvalue weighted by Gasteiger charge is -2.09. The zero-order valence-corrected chi connectivity index (χ0v) is 7.08. The van der Waals surface area contributed by atoms with E-state index in [-0.39, 0.29) is 6.04 Å². The quantitative estimate of drug-likeness (QED) is 0.650. The SMILES string of the molecule is CCCC([N]C)c1ccco1. The third-order valence-electron chi connectivity index (χ3n) is 1.75. The summed E-state index contributed by atoms with van der Waals surface area (Å²) in [5.41, 5.74) is 0. The van der Waals surface area contributed by atoms with Crippen molar-refractivity contribution in [3.05, 3.63) is 24.2 Å². The molecule has 0 aliphatic heterocycles. The molecule has 1 unspecified atom stereocenters. The fourth-order valence-electron chi connectivity index (χ4n) is 1.15. The predicted octanol–water partition coefficient (Wildman–Crippen LogP) is 2.36. The van der Waals surface area contributed by atoms with Gasteiger partial charge in [0.2, 0.25) is 0 Å². The van der Waals surface area contributed by atoms with Gasteiger partial charge in [-0.1, -0.05) is 13.3 Å². The maximum atomic E-state index is 5.25. The third kappa shape index (κ3) is 2.09. The second kappa shape index (κ2) is 4.19. The molecule has 0 fully saturated rings. The minimum atomic E-state index is 0.259. The van der Waals surface area contributed by atoms with Gasteiger partial charge in [0.1, 0.15) is 5.76 Å². The first-order valence-electron chi connectivity index (χ1n) is 4.00. The summed E-state index contributed by atoms with van der Waals surface area (Å²) in [6, 6.07) is 4.14. The lowest BCUT2D eigenvalue weighted by Crippen LogP contribution is -2.07. The summed E-state index contributed by atoms with van der Waals surface area (Å²) in [5, 5.41) is 4.23. The molecule has 0 aliphatic carbocycles. The second-order valence-electron chi connectivity index (χ2n) is 2.58. The van der Waals surface area contributed by atoms with Gasteiger partial charge in [-0.3, -0.25) is 0 Å². The van der Waals surface area contributed by atoms with Crippen LogP contribution in [0, 0.1) is 0 Å². The highest BCUT2D eigenvalue weighted by Crippen LogP contribution is 2.18. The van der Waals surface area contributed by atoms with Crippen molar-refractivity contribution in [1.82, 2.24) is 5.32 Å². The Balaban J connectivity index is 2.56. The van der Waals surface area contributed by atoms with Gasteiger partial charge in [-0.15, -0.1) is 0 Å². The van der Waals surface area contributed by atoms with E-state index >= 15 is 0 Å². The zero-order chi connectivity index (χ0) is 8.10. The van der Waals surface area contributed by atoms with Gasteiger partial charge in [0, 0.05) is 7.05 Å². The molecule has 0 spiro atoms. The van der Waals surface area contributed by atoms with Crippen LogP contribution < -0.4 is 5.32 Å². The molecule has 11 heavy (non-hydrogen) atoms. The standard InChI is InChI=1S/C9H14NO/c1-3-5-8(10-2)9-6-4-7-11-9/h4,6-8H,3,5H2,1-2H3. The number of nitrogens with zero attached hydrogens (tertiary/aromatic N) is 1. The van der Waals surface area contributed by atoms with Crippen molar-refractivity contribution in [2.45, 2.75) is 25.8 Å². The predicted molar refractivity (Wildman–Crippen MR) is 44.4 cm³/mol. The monoisotopic (exact) mass is 152 g/mol. The molecule has 0 saturated carbocycles. The maximum Gasteiger partial charge on any atom is 0.122 e. The molecule has 1 atom stereocenters. The van der Waals surface area contributed by atoms with Crippen LogP contribution in [0.5, 0.6) is 0 Å². The van der Waals surface area contributed by atoms with Crippen molar-refractivity contribution in [2.75, 3.05) is 7.05 Å². The molecule has 0 N–H and O–H groups in total. The van der Waals surface area contributed by atoms with E-state index in [1.807, 2.05) is 19.2 Å². The smallest absolute Gasteiger partial charge is 0.122 e. The molecule has 0 aliphatic rings. The highest BCUT2D eigenvalue weighted by Gasteiger charge is 2.10. The Labute approximate surface area is 67.6 Å². The number of furan rings is 1. The minimum absolute atomic E-state index is 0.259. The van der Waals surface area contributed by atoms with Crippen LogP contribution in [0.3, 0.4) is 0 Å².